The molecule has 2 fully saturated rings. The first-order valence-corrected chi connectivity index (χ1v) is 11.7. The van der Waals surface area contributed by atoms with Crippen LogP contribution in [0.25, 0.3) is 0 Å². The fourth-order valence-corrected chi connectivity index (χ4v) is 7.27. The highest BCUT2D eigenvalue weighted by atomic mass is 16.3. The Balaban J connectivity index is 1.71. The van der Waals surface area contributed by atoms with Gasteiger partial charge in [0.2, 0.25) is 0 Å². The Morgan fingerprint density at radius 1 is 1.16 bits per heavy atom. The molecule has 0 amide bonds. The molecule has 5 unspecified atom stereocenters. The van der Waals surface area contributed by atoms with Crippen LogP contribution in [0.2, 0.25) is 0 Å². The highest BCUT2D eigenvalue weighted by Crippen LogP contribution is 2.66. The van der Waals surface area contributed by atoms with Crippen LogP contribution in [-0.4, -0.2) is 21.6 Å². The molecule has 5 atom stereocenters. The van der Waals surface area contributed by atoms with E-state index in [1.165, 1.54) is 22.3 Å². The average molecular weight is 417 g/mol. The average Bonchev–Trinajstić information content (AvgIpc) is 3.00. The molecule has 0 aliphatic heterocycles. The molecular weight excluding hydrogens is 384 g/mol. The summed E-state index contributed by atoms with van der Waals surface area (Å²) in [5, 5.41) is 21.8. The third-order valence-electron chi connectivity index (χ3n) is 8.84. The molecule has 31 heavy (non-hydrogen) atoms. The normalized spacial score (nSPS) is 36.7. The molecule has 0 aromatic heterocycles. The van der Waals surface area contributed by atoms with E-state index < -0.39 is 5.60 Å². The summed E-state index contributed by atoms with van der Waals surface area (Å²) in [5.41, 5.74) is 5.02. The molecule has 0 saturated heterocycles. The lowest BCUT2D eigenvalue weighted by Crippen LogP contribution is -2.51. The number of ketones is 1. The fourth-order valence-electron chi connectivity index (χ4n) is 7.27. The summed E-state index contributed by atoms with van der Waals surface area (Å²) in [5.74, 6) is 7.80. The molecule has 4 aliphatic rings. The van der Waals surface area contributed by atoms with Gasteiger partial charge in [-0.15, -0.1) is 5.92 Å². The number of hydrogen-bond donors (Lipinski definition) is 2. The summed E-state index contributed by atoms with van der Waals surface area (Å²) in [4.78, 5) is 12.1. The van der Waals surface area contributed by atoms with Crippen LogP contribution in [0.1, 0.15) is 75.8 Å². The van der Waals surface area contributed by atoms with E-state index in [0.717, 1.165) is 44.1 Å². The lowest BCUT2D eigenvalue weighted by Gasteiger charge is -2.53. The van der Waals surface area contributed by atoms with Crippen molar-refractivity contribution in [1.82, 2.24) is 0 Å². The second-order valence-corrected chi connectivity index (χ2v) is 10.3. The minimum Gasteiger partial charge on any atom is -0.508 e. The van der Waals surface area contributed by atoms with Crippen LogP contribution in [-0.2, 0) is 4.79 Å². The van der Waals surface area contributed by atoms with Crippen molar-refractivity contribution in [2.75, 3.05) is 0 Å². The molecule has 5 rings (SSSR count). The van der Waals surface area contributed by atoms with E-state index in [9.17, 15) is 15.0 Å². The van der Waals surface area contributed by atoms with E-state index in [-0.39, 0.29) is 17.1 Å². The number of rotatable bonds is 1. The van der Waals surface area contributed by atoms with E-state index in [4.69, 9.17) is 0 Å². The monoisotopic (exact) mass is 416 g/mol. The van der Waals surface area contributed by atoms with E-state index >= 15 is 0 Å². The molecule has 0 bridgehead atoms. The predicted molar refractivity (Wildman–Crippen MR) is 122 cm³/mol. The minimum atomic E-state index is -0.953. The van der Waals surface area contributed by atoms with Gasteiger partial charge in [0.25, 0.3) is 0 Å². The van der Waals surface area contributed by atoms with Crippen molar-refractivity contribution in [2.24, 2.45) is 17.3 Å². The molecule has 4 aliphatic carbocycles. The van der Waals surface area contributed by atoms with Crippen LogP contribution in [0.15, 0.2) is 41.0 Å². The maximum absolute atomic E-state index is 12.1. The molecule has 0 radical (unpaired) electrons. The van der Waals surface area contributed by atoms with Crippen molar-refractivity contribution in [1.29, 1.82) is 0 Å². The van der Waals surface area contributed by atoms with Gasteiger partial charge in [0, 0.05) is 17.8 Å². The standard InChI is InChI=1S/C28H32O3/c1-4-12-28(31)13-11-24-22-8-5-19-15-20(29)7-9-21(19)26(22)23(16-27(24,28)3)18-6-10-25(30)17(2)14-18/h6,10,14-15,22-24,30-31H,5,7-9,11,13,16H2,1-3H3. The highest BCUT2D eigenvalue weighted by molar-refractivity contribution is 5.93. The van der Waals surface area contributed by atoms with Crippen molar-refractivity contribution in [3.63, 3.8) is 0 Å². The van der Waals surface area contributed by atoms with Crippen LogP contribution in [0.5, 0.6) is 5.75 Å². The molecule has 0 heterocycles. The predicted octanol–water partition coefficient (Wildman–Crippen LogP) is 5.35. The number of carbonyl (C=O) groups excluding carboxylic acids is 1. The smallest absolute Gasteiger partial charge is 0.156 e. The highest BCUT2D eigenvalue weighted by Gasteiger charge is 2.62. The zero-order chi connectivity index (χ0) is 22.0. The Bertz CT molecular complexity index is 1080. The van der Waals surface area contributed by atoms with Gasteiger partial charge >= 0.3 is 0 Å². The van der Waals surface area contributed by atoms with Crippen molar-refractivity contribution in [3.8, 4) is 17.6 Å². The first-order chi connectivity index (χ1) is 14.8. The van der Waals surface area contributed by atoms with Gasteiger partial charge in [0.05, 0.1) is 0 Å². The summed E-state index contributed by atoms with van der Waals surface area (Å²) in [6.07, 6.45) is 7.92. The zero-order valence-corrected chi connectivity index (χ0v) is 18.8. The van der Waals surface area contributed by atoms with Crippen molar-refractivity contribution in [2.45, 2.75) is 77.2 Å². The topological polar surface area (TPSA) is 57.5 Å². The Labute approximate surface area is 185 Å². The number of benzene rings is 1. The van der Waals surface area contributed by atoms with Crippen LogP contribution in [0.3, 0.4) is 0 Å². The Hall–Kier alpha value is -2.31. The van der Waals surface area contributed by atoms with Crippen LogP contribution in [0.4, 0.5) is 0 Å². The summed E-state index contributed by atoms with van der Waals surface area (Å²) in [6.45, 7) is 6.02. The number of aromatic hydroxyl groups is 1. The van der Waals surface area contributed by atoms with Crippen molar-refractivity contribution in [3.05, 3.63) is 52.1 Å². The van der Waals surface area contributed by atoms with Crippen molar-refractivity contribution >= 4 is 5.78 Å². The third-order valence-corrected chi connectivity index (χ3v) is 8.84. The first kappa shape index (κ1) is 20.6. The Morgan fingerprint density at radius 2 is 1.97 bits per heavy atom. The molecule has 3 nitrogen and oxygen atoms in total. The second-order valence-electron chi connectivity index (χ2n) is 10.3. The van der Waals surface area contributed by atoms with E-state index in [1.54, 1.807) is 6.07 Å². The Kier molecular flexibility index (Phi) is 4.72. The van der Waals surface area contributed by atoms with E-state index in [0.29, 0.717) is 24.0 Å². The van der Waals surface area contributed by atoms with Gasteiger partial charge in [0.15, 0.2) is 5.78 Å². The summed E-state index contributed by atoms with van der Waals surface area (Å²) < 4.78 is 0. The fraction of sp³-hybridized carbons (Fsp3) is 0.536. The SMILES string of the molecule is CC#CC1(O)CCC2C3CCC4=CC(=O)CCC4=C3C(c3ccc(O)c(C)c3)CC21C. The van der Waals surface area contributed by atoms with Crippen LogP contribution in [0, 0.1) is 36.0 Å². The number of phenolic OH excluding ortho intramolecular Hbond substituents is 1. The number of hydrogen-bond acceptors (Lipinski definition) is 3. The lowest BCUT2D eigenvalue weighted by atomic mass is 9.51. The van der Waals surface area contributed by atoms with Gasteiger partial charge in [-0.05, 0) is 98.6 Å². The van der Waals surface area contributed by atoms with Gasteiger partial charge in [-0.3, -0.25) is 4.79 Å². The molecule has 1 aromatic rings. The number of carbonyl (C=O) groups is 1. The summed E-state index contributed by atoms with van der Waals surface area (Å²) >= 11 is 0. The molecule has 2 N–H and O–H groups in total. The Morgan fingerprint density at radius 3 is 2.71 bits per heavy atom. The molecule has 0 spiro atoms. The zero-order valence-electron chi connectivity index (χ0n) is 18.8. The lowest BCUT2D eigenvalue weighted by molar-refractivity contribution is -0.114. The molecule has 1 aromatic carbocycles. The molecular formula is C28H32O3. The van der Waals surface area contributed by atoms with E-state index in [2.05, 4.69) is 24.8 Å². The maximum atomic E-state index is 12.1. The van der Waals surface area contributed by atoms with Gasteiger partial charge in [-0.25, -0.2) is 0 Å². The van der Waals surface area contributed by atoms with E-state index in [1.807, 2.05) is 26.0 Å². The first-order valence-electron chi connectivity index (χ1n) is 11.7. The largest absolute Gasteiger partial charge is 0.508 e. The molecule has 162 valence electrons. The summed E-state index contributed by atoms with van der Waals surface area (Å²) in [6, 6.07) is 5.96. The van der Waals surface area contributed by atoms with Crippen LogP contribution >= 0.6 is 0 Å². The van der Waals surface area contributed by atoms with Gasteiger partial charge < -0.3 is 10.2 Å². The number of aryl methyl sites for hydroxylation is 1. The molecule has 2 saturated carbocycles. The van der Waals surface area contributed by atoms with Crippen LogP contribution < -0.4 is 0 Å². The van der Waals surface area contributed by atoms with Gasteiger partial charge in [-0.1, -0.05) is 30.6 Å². The third kappa shape index (κ3) is 2.95. The molecule has 3 heteroatoms. The number of fused-ring (bicyclic) bond motifs is 4. The number of phenols is 1. The maximum Gasteiger partial charge on any atom is 0.156 e. The quantitative estimate of drug-likeness (QED) is 0.607. The van der Waals surface area contributed by atoms with Gasteiger partial charge in [-0.2, -0.15) is 0 Å². The van der Waals surface area contributed by atoms with Gasteiger partial charge in [0.1, 0.15) is 11.4 Å². The van der Waals surface area contributed by atoms with Crippen molar-refractivity contribution < 1.29 is 15.0 Å². The number of allylic oxidation sites excluding steroid dienone is 4. The minimum absolute atomic E-state index is 0.181. The summed E-state index contributed by atoms with van der Waals surface area (Å²) in [7, 11) is 0. The second kappa shape index (κ2) is 7.10. The number of aliphatic hydroxyl groups is 1.